The van der Waals surface area contributed by atoms with Crippen molar-refractivity contribution in [3.8, 4) is 0 Å². The Morgan fingerprint density at radius 1 is 0.931 bits per heavy atom. The van der Waals surface area contributed by atoms with Crippen molar-refractivity contribution in [2.75, 3.05) is 5.32 Å². The highest BCUT2D eigenvalue weighted by Crippen LogP contribution is 2.51. The highest BCUT2D eigenvalue weighted by atomic mass is 19.4. The van der Waals surface area contributed by atoms with E-state index in [1.807, 2.05) is 0 Å². The second-order valence-electron chi connectivity index (χ2n) is 5.05. The zero-order chi connectivity index (χ0) is 23.1. The summed E-state index contributed by atoms with van der Waals surface area (Å²) in [6, 6.07) is 2.35. The molecule has 1 aromatic rings. The van der Waals surface area contributed by atoms with E-state index >= 15 is 0 Å². The maximum Gasteiger partial charge on any atom is 0.462 e. The van der Waals surface area contributed by atoms with Crippen molar-refractivity contribution in [2.24, 2.45) is 0 Å². The predicted octanol–water partition coefficient (Wildman–Crippen LogP) is 4.57. The van der Waals surface area contributed by atoms with Gasteiger partial charge in [-0.05, 0) is 6.07 Å². The molecule has 0 saturated heterocycles. The summed E-state index contributed by atoms with van der Waals surface area (Å²) in [5, 5.41) is 11.4. The lowest BCUT2D eigenvalue weighted by Gasteiger charge is -2.34. The van der Waals surface area contributed by atoms with Crippen LogP contribution in [0.25, 0.3) is 0 Å². The number of carbonyl (C=O) groups excluding carboxylic acids is 1. The normalized spacial score (nSPS) is 15.6. The highest BCUT2D eigenvalue weighted by molar-refractivity contribution is 5.97. The van der Waals surface area contributed by atoms with Gasteiger partial charge in [-0.2, -0.15) is 48.3 Å². The van der Waals surface area contributed by atoms with Gasteiger partial charge in [0.05, 0.1) is 4.92 Å². The first-order chi connectivity index (χ1) is 12.8. The van der Waals surface area contributed by atoms with Gasteiger partial charge >= 0.3 is 30.2 Å². The van der Waals surface area contributed by atoms with Crippen LogP contribution in [-0.4, -0.2) is 41.1 Å². The molecule has 0 aliphatic rings. The number of halogens is 11. The van der Waals surface area contributed by atoms with Gasteiger partial charge in [0.1, 0.15) is 0 Å². The summed E-state index contributed by atoms with van der Waals surface area (Å²) in [6.45, 7) is 0. The average Bonchev–Trinajstić information content (AvgIpc) is 2.52. The molecule has 164 valence electrons. The third kappa shape index (κ3) is 4.65. The Labute approximate surface area is 151 Å². The lowest BCUT2D eigenvalue weighted by atomic mass is 10.2. The zero-order valence-corrected chi connectivity index (χ0v) is 13.0. The Morgan fingerprint density at radius 2 is 1.45 bits per heavy atom. The molecule has 6 nitrogen and oxygen atoms in total. The number of non-ortho nitro benzene ring substituents is 1. The smallest absolute Gasteiger partial charge is 0.321 e. The molecule has 0 fully saturated rings. The van der Waals surface area contributed by atoms with E-state index in [-0.39, 0.29) is 0 Å². The summed E-state index contributed by atoms with van der Waals surface area (Å²) < 4.78 is 142. The number of nitro groups is 1. The molecule has 1 amide bonds. The summed E-state index contributed by atoms with van der Waals surface area (Å²) in [5.74, 6) is -17.0. The van der Waals surface area contributed by atoms with Gasteiger partial charge in [0, 0.05) is 17.8 Å². The molecule has 0 saturated carbocycles. The maximum absolute atomic E-state index is 14.0. The van der Waals surface area contributed by atoms with E-state index in [9.17, 15) is 63.2 Å². The topological polar surface area (TPSA) is 81.5 Å². The number of nitro benzene ring substituents is 1. The molecular weight excluding hydrogens is 445 g/mol. The van der Waals surface area contributed by atoms with Crippen LogP contribution in [0.15, 0.2) is 24.3 Å². The molecular formula is C12H5F11N2O4. The van der Waals surface area contributed by atoms with Crippen LogP contribution < -0.4 is 5.32 Å². The zero-order valence-electron chi connectivity index (χ0n) is 13.0. The van der Waals surface area contributed by atoms with Crippen molar-refractivity contribution in [1.82, 2.24) is 0 Å². The Bertz CT molecular complexity index is 793. The summed E-state index contributed by atoms with van der Waals surface area (Å²) in [5.41, 5.74) is -1.92. The Hall–Kier alpha value is -2.72. The number of carbonyl (C=O) groups is 1. The predicted molar refractivity (Wildman–Crippen MR) is 68.7 cm³/mol. The molecule has 0 heterocycles. The number of anilines is 1. The van der Waals surface area contributed by atoms with Gasteiger partial charge in [-0.3, -0.25) is 19.6 Å². The van der Waals surface area contributed by atoms with E-state index in [0.717, 1.165) is 17.4 Å². The van der Waals surface area contributed by atoms with Crippen molar-refractivity contribution < 1.29 is 62.7 Å². The minimum absolute atomic E-state index is 0.303. The van der Waals surface area contributed by atoms with Crippen LogP contribution in [0.3, 0.4) is 0 Å². The van der Waals surface area contributed by atoms with Crippen molar-refractivity contribution in [3.63, 3.8) is 0 Å². The number of nitrogens with one attached hydrogen (secondary N) is 1. The minimum Gasteiger partial charge on any atom is -0.321 e. The molecule has 0 radical (unpaired) electrons. The number of nitrogens with zero attached hydrogens (tertiary/aromatic N) is 1. The quantitative estimate of drug-likeness (QED) is 0.391. The lowest BCUT2D eigenvalue weighted by Crippen LogP contribution is -2.62. The van der Waals surface area contributed by atoms with Crippen LogP contribution in [0, 0.1) is 10.1 Å². The highest BCUT2D eigenvalue weighted by Gasteiger charge is 2.79. The molecule has 0 bridgehead atoms. The first-order valence-electron chi connectivity index (χ1n) is 6.60. The molecule has 0 aliphatic carbocycles. The molecule has 0 spiro atoms. The van der Waals surface area contributed by atoms with Crippen LogP contribution in [0.4, 0.5) is 59.7 Å². The molecule has 1 atom stereocenters. The fraction of sp³-hybridized carbons (Fsp3) is 0.417. The van der Waals surface area contributed by atoms with Gasteiger partial charge in [-0.1, -0.05) is 6.07 Å². The van der Waals surface area contributed by atoms with Crippen LogP contribution in [0.2, 0.25) is 0 Å². The van der Waals surface area contributed by atoms with Crippen LogP contribution >= 0.6 is 0 Å². The van der Waals surface area contributed by atoms with Gasteiger partial charge in [-0.15, -0.1) is 0 Å². The van der Waals surface area contributed by atoms with Crippen LogP contribution in [0.5, 0.6) is 0 Å². The maximum atomic E-state index is 14.0. The standard InChI is InChI=1S/C12H5F11N2O4/c13-8(10(16,17)18,29-12(22,23)9(14,15)11(19,20)21)7(26)24-5-2-1-3-6(4-5)25(27)28/h1-4H,(H,24,26). The summed E-state index contributed by atoms with van der Waals surface area (Å²) in [6.07, 6.45) is -21.2. The molecule has 1 unspecified atom stereocenters. The van der Waals surface area contributed by atoms with Crippen molar-refractivity contribution >= 4 is 17.3 Å². The number of amides is 1. The molecule has 0 aromatic heterocycles. The first-order valence-corrected chi connectivity index (χ1v) is 6.60. The molecule has 0 aliphatic heterocycles. The molecule has 1 N–H and O–H groups in total. The van der Waals surface area contributed by atoms with E-state index in [2.05, 4.69) is 4.74 Å². The number of hydrogen-bond donors (Lipinski definition) is 1. The molecule has 1 aromatic carbocycles. The monoisotopic (exact) mass is 450 g/mol. The fourth-order valence-electron chi connectivity index (χ4n) is 1.55. The Kier molecular flexibility index (Phi) is 6.10. The minimum atomic E-state index is -7.32. The Morgan fingerprint density at radius 3 is 1.86 bits per heavy atom. The first kappa shape index (κ1) is 24.3. The van der Waals surface area contributed by atoms with Gasteiger partial charge in [0.25, 0.3) is 11.6 Å². The number of benzene rings is 1. The van der Waals surface area contributed by atoms with Crippen molar-refractivity contribution in [1.29, 1.82) is 0 Å². The number of hydrogen-bond acceptors (Lipinski definition) is 4. The van der Waals surface area contributed by atoms with Crippen LogP contribution in [0.1, 0.15) is 0 Å². The van der Waals surface area contributed by atoms with Gasteiger partial charge < -0.3 is 5.32 Å². The number of rotatable bonds is 6. The average molecular weight is 450 g/mol. The van der Waals surface area contributed by atoms with E-state index in [4.69, 9.17) is 0 Å². The number of alkyl halides is 11. The van der Waals surface area contributed by atoms with Crippen molar-refractivity contribution in [2.45, 2.75) is 30.2 Å². The van der Waals surface area contributed by atoms with E-state index < -0.39 is 52.4 Å². The third-order valence-electron chi connectivity index (χ3n) is 2.96. The van der Waals surface area contributed by atoms with E-state index in [0.29, 0.717) is 12.1 Å². The largest absolute Gasteiger partial charge is 0.462 e. The van der Waals surface area contributed by atoms with Gasteiger partial charge in [0.15, 0.2) is 0 Å². The van der Waals surface area contributed by atoms with Crippen LogP contribution in [-0.2, 0) is 9.53 Å². The van der Waals surface area contributed by atoms with E-state index in [1.165, 1.54) is 0 Å². The SMILES string of the molecule is O=C(Nc1cccc([N+](=O)[O-])c1)C(F)(OC(F)(F)C(F)(F)C(F)(F)F)C(F)(F)F. The third-order valence-corrected chi connectivity index (χ3v) is 2.96. The second-order valence-corrected chi connectivity index (χ2v) is 5.05. The molecule has 29 heavy (non-hydrogen) atoms. The number of ether oxygens (including phenoxy) is 1. The summed E-state index contributed by atoms with van der Waals surface area (Å²) >= 11 is 0. The van der Waals surface area contributed by atoms with E-state index in [1.54, 1.807) is 0 Å². The lowest BCUT2D eigenvalue weighted by molar-refractivity contribution is -0.472. The van der Waals surface area contributed by atoms with Gasteiger partial charge in [0.2, 0.25) is 0 Å². The summed E-state index contributed by atoms with van der Waals surface area (Å²) in [7, 11) is 0. The second kappa shape index (κ2) is 7.27. The molecule has 1 rings (SSSR count). The molecule has 17 heteroatoms. The Balaban J connectivity index is 3.33. The van der Waals surface area contributed by atoms with Crippen molar-refractivity contribution in [3.05, 3.63) is 34.4 Å². The summed E-state index contributed by atoms with van der Waals surface area (Å²) in [4.78, 5) is 20.8. The van der Waals surface area contributed by atoms with Gasteiger partial charge in [-0.25, -0.2) is 0 Å². The fourth-order valence-corrected chi connectivity index (χ4v) is 1.55.